The second kappa shape index (κ2) is 5.10. The van der Waals surface area contributed by atoms with E-state index < -0.39 is 0 Å². The van der Waals surface area contributed by atoms with Gasteiger partial charge in [-0.15, -0.1) is 0 Å². The standard InChI is InChI=1S/C11H21NO2/c12-9(7-10-3-1-5-13-10)8-11-4-2-6-14-11/h9-11H,1-8,12H2. The first-order valence-electron chi connectivity index (χ1n) is 5.83. The van der Waals surface area contributed by atoms with Crippen LogP contribution in [-0.4, -0.2) is 31.5 Å². The van der Waals surface area contributed by atoms with Gasteiger partial charge >= 0.3 is 0 Å². The van der Waals surface area contributed by atoms with Crippen molar-refractivity contribution in [2.45, 2.75) is 56.8 Å². The molecule has 0 aliphatic carbocycles. The molecule has 2 aliphatic rings. The van der Waals surface area contributed by atoms with Gasteiger partial charge in [-0.25, -0.2) is 0 Å². The molecular formula is C11H21NO2. The number of hydrogen-bond donors (Lipinski definition) is 1. The van der Waals surface area contributed by atoms with E-state index in [1.54, 1.807) is 0 Å². The Labute approximate surface area is 85.9 Å². The van der Waals surface area contributed by atoms with Crippen molar-refractivity contribution in [2.75, 3.05) is 13.2 Å². The van der Waals surface area contributed by atoms with Crippen LogP contribution >= 0.6 is 0 Å². The Morgan fingerprint density at radius 1 is 1.00 bits per heavy atom. The third-order valence-electron chi connectivity index (χ3n) is 3.18. The molecule has 0 aromatic heterocycles. The van der Waals surface area contributed by atoms with E-state index in [0.29, 0.717) is 12.2 Å². The summed E-state index contributed by atoms with van der Waals surface area (Å²) in [6.07, 6.45) is 7.67. The van der Waals surface area contributed by atoms with Gasteiger partial charge in [-0.3, -0.25) is 0 Å². The van der Waals surface area contributed by atoms with E-state index in [4.69, 9.17) is 15.2 Å². The first-order valence-corrected chi connectivity index (χ1v) is 5.83. The van der Waals surface area contributed by atoms with Crippen LogP contribution in [0.1, 0.15) is 38.5 Å². The molecule has 0 saturated carbocycles. The molecule has 0 amide bonds. The van der Waals surface area contributed by atoms with Gasteiger partial charge in [0, 0.05) is 19.3 Å². The Morgan fingerprint density at radius 3 is 1.86 bits per heavy atom. The van der Waals surface area contributed by atoms with Crippen LogP contribution in [0.4, 0.5) is 0 Å². The summed E-state index contributed by atoms with van der Waals surface area (Å²) in [7, 11) is 0. The lowest BCUT2D eigenvalue weighted by Crippen LogP contribution is -2.30. The van der Waals surface area contributed by atoms with Gasteiger partial charge in [0.25, 0.3) is 0 Å². The molecular weight excluding hydrogens is 178 g/mol. The lowest BCUT2D eigenvalue weighted by Gasteiger charge is -2.19. The Bertz CT molecular complexity index is 145. The molecule has 3 heteroatoms. The van der Waals surface area contributed by atoms with Gasteiger partial charge < -0.3 is 15.2 Å². The van der Waals surface area contributed by atoms with Gasteiger partial charge in [0.05, 0.1) is 12.2 Å². The van der Waals surface area contributed by atoms with Crippen molar-refractivity contribution in [3.63, 3.8) is 0 Å². The molecule has 2 N–H and O–H groups in total. The van der Waals surface area contributed by atoms with Crippen molar-refractivity contribution >= 4 is 0 Å². The van der Waals surface area contributed by atoms with Gasteiger partial charge in [-0.05, 0) is 38.5 Å². The van der Waals surface area contributed by atoms with E-state index in [2.05, 4.69) is 0 Å². The normalized spacial score (nSPS) is 34.9. The van der Waals surface area contributed by atoms with Gasteiger partial charge in [0.1, 0.15) is 0 Å². The smallest absolute Gasteiger partial charge is 0.0590 e. The third kappa shape index (κ3) is 2.94. The zero-order valence-corrected chi connectivity index (χ0v) is 8.78. The molecule has 0 aromatic rings. The average molecular weight is 199 g/mol. The lowest BCUT2D eigenvalue weighted by atomic mass is 10.0. The summed E-state index contributed by atoms with van der Waals surface area (Å²) in [6.45, 7) is 1.86. The molecule has 2 aliphatic heterocycles. The largest absolute Gasteiger partial charge is 0.378 e. The molecule has 2 unspecified atom stereocenters. The van der Waals surface area contributed by atoms with Crippen LogP contribution in [0.25, 0.3) is 0 Å². The van der Waals surface area contributed by atoms with Crippen LogP contribution in [0.15, 0.2) is 0 Å². The molecule has 2 atom stereocenters. The summed E-state index contributed by atoms with van der Waals surface area (Å²) in [5.74, 6) is 0. The SMILES string of the molecule is NC(CC1CCCO1)CC1CCCO1. The molecule has 2 rings (SSSR count). The summed E-state index contributed by atoms with van der Waals surface area (Å²) in [5.41, 5.74) is 6.07. The van der Waals surface area contributed by atoms with Crippen molar-refractivity contribution in [1.29, 1.82) is 0 Å². The predicted molar refractivity (Wildman–Crippen MR) is 55.2 cm³/mol. The van der Waals surface area contributed by atoms with Gasteiger partial charge in [0.15, 0.2) is 0 Å². The van der Waals surface area contributed by atoms with Crippen molar-refractivity contribution in [3.8, 4) is 0 Å². The Balaban J connectivity index is 1.64. The van der Waals surface area contributed by atoms with Crippen LogP contribution in [0.3, 0.4) is 0 Å². The Hall–Kier alpha value is -0.120. The highest BCUT2D eigenvalue weighted by Crippen LogP contribution is 2.21. The summed E-state index contributed by atoms with van der Waals surface area (Å²) < 4.78 is 11.1. The maximum absolute atomic E-state index is 6.07. The number of rotatable bonds is 4. The predicted octanol–water partition coefficient (Wildman–Crippen LogP) is 1.45. The third-order valence-corrected chi connectivity index (χ3v) is 3.18. The summed E-state index contributed by atoms with van der Waals surface area (Å²) in [4.78, 5) is 0. The van der Waals surface area contributed by atoms with E-state index in [0.717, 1.165) is 26.1 Å². The van der Waals surface area contributed by atoms with Crippen molar-refractivity contribution in [3.05, 3.63) is 0 Å². The minimum Gasteiger partial charge on any atom is -0.378 e. The average Bonchev–Trinajstić information content (AvgIpc) is 2.76. The van der Waals surface area contributed by atoms with Crippen LogP contribution < -0.4 is 5.73 Å². The first kappa shape index (κ1) is 10.4. The second-order valence-corrected chi connectivity index (χ2v) is 4.50. The van der Waals surface area contributed by atoms with Gasteiger partial charge in [-0.2, -0.15) is 0 Å². The quantitative estimate of drug-likeness (QED) is 0.745. The summed E-state index contributed by atoms with van der Waals surface area (Å²) in [5, 5.41) is 0. The number of nitrogens with two attached hydrogens (primary N) is 1. The summed E-state index contributed by atoms with van der Waals surface area (Å²) in [6, 6.07) is 0.265. The fourth-order valence-electron chi connectivity index (χ4n) is 2.43. The molecule has 0 bridgehead atoms. The van der Waals surface area contributed by atoms with E-state index in [9.17, 15) is 0 Å². The minimum atomic E-state index is 0.265. The van der Waals surface area contributed by atoms with E-state index in [1.807, 2.05) is 0 Å². The van der Waals surface area contributed by atoms with Gasteiger partial charge in [-0.1, -0.05) is 0 Å². The highest BCUT2D eigenvalue weighted by molar-refractivity contribution is 4.77. The van der Waals surface area contributed by atoms with E-state index >= 15 is 0 Å². The zero-order valence-electron chi connectivity index (χ0n) is 8.78. The zero-order chi connectivity index (χ0) is 9.80. The molecule has 14 heavy (non-hydrogen) atoms. The maximum Gasteiger partial charge on any atom is 0.0590 e. The molecule has 0 spiro atoms. The van der Waals surface area contributed by atoms with Crippen LogP contribution in [-0.2, 0) is 9.47 Å². The minimum absolute atomic E-state index is 0.265. The second-order valence-electron chi connectivity index (χ2n) is 4.50. The lowest BCUT2D eigenvalue weighted by molar-refractivity contribution is 0.0747. The van der Waals surface area contributed by atoms with Crippen LogP contribution in [0.2, 0.25) is 0 Å². The maximum atomic E-state index is 6.07. The first-order chi connectivity index (χ1) is 6.84. The van der Waals surface area contributed by atoms with Crippen LogP contribution in [0, 0.1) is 0 Å². The number of hydrogen-bond acceptors (Lipinski definition) is 3. The number of ether oxygens (including phenoxy) is 2. The van der Waals surface area contributed by atoms with E-state index in [1.165, 1.54) is 25.7 Å². The van der Waals surface area contributed by atoms with Crippen molar-refractivity contribution in [1.82, 2.24) is 0 Å². The molecule has 0 aromatic carbocycles. The van der Waals surface area contributed by atoms with Gasteiger partial charge in [0.2, 0.25) is 0 Å². The van der Waals surface area contributed by atoms with Crippen LogP contribution in [0.5, 0.6) is 0 Å². The molecule has 3 nitrogen and oxygen atoms in total. The Morgan fingerprint density at radius 2 is 1.50 bits per heavy atom. The summed E-state index contributed by atoms with van der Waals surface area (Å²) >= 11 is 0. The topological polar surface area (TPSA) is 44.5 Å². The van der Waals surface area contributed by atoms with E-state index in [-0.39, 0.29) is 6.04 Å². The van der Waals surface area contributed by atoms with Crippen molar-refractivity contribution in [2.24, 2.45) is 5.73 Å². The molecule has 0 radical (unpaired) electrons. The molecule has 2 heterocycles. The van der Waals surface area contributed by atoms with Crippen molar-refractivity contribution < 1.29 is 9.47 Å². The molecule has 2 fully saturated rings. The highest BCUT2D eigenvalue weighted by Gasteiger charge is 2.23. The fraction of sp³-hybridized carbons (Fsp3) is 1.00. The molecule has 82 valence electrons. The Kier molecular flexibility index (Phi) is 3.79. The highest BCUT2D eigenvalue weighted by atomic mass is 16.5. The molecule has 2 saturated heterocycles. The monoisotopic (exact) mass is 199 g/mol. The fourth-order valence-corrected chi connectivity index (χ4v) is 2.43.